The van der Waals surface area contributed by atoms with Crippen LogP contribution in [-0.2, 0) is 17.2 Å². The molecule has 0 bridgehead atoms. The molecule has 0 spiro atoms. The highest BCUT2D eigenvalue weighted by Crippen LogP contribution is 2.34. The highest BCUT2D eigenvalue weighted by atomic mass is 19.3. The molecular formula is C11H15F2NO2. The van der Waals surface area contributed by atoms with Gasteiger partial charge in [0.05, 0.1) is 13.7 Å². The van der Waals surface area contributed by atoms with E-state index in [4.69, 9.17) is 10.6 Å². The van der Waals surface area contributed by atoms with Gasteiger partial charge in [-0.3, -0.25) is 0 Å². The molecule has 2 N–H and O–H groups in total. The molecule has 16 heavy (non-hydrogen) atoms. The molecule has 0 unspecified atom stereocenters. The van der Waals surface area contributed by atoms with Gasteiger partial charge >= 0.3 is 0 Å². The first-order valence-electron chi connectivity index (χ1n) is 4.86. The van der Waals surface area contributed by atoms with E-state index in [0.29, 0.717) is 17.7 Å². The van der Waals surface area contributed by atoms with Crippen LogP contribution in [0.3, 0.4) is 0 Å². The van der Waals surface area contributed by atoms with Crippen molar-refractivity contribution in [2.45, 2.75) is 19.3 Å². The van der Waals surface area contributed by atoms with Crippen LogP contribution in [0.4, 0.5) is 8.78 Å². The van der Waals surface area contributed by atoms with Crippen molar-refractivity contribution in [2.75, 3.05) is 13.7 Å². The number of ether oxygens (including phenoxy) is 1. The first kappa shape index (κ1) is 12.9. The zero-order valence-corrected chi connectivity index (χ0v) is 9.30. The maximum Gasteiger partial charge on any atom is 0.270 e. The summed E-state index contributed by atoms with van der Waals surface area (Å²) in [5, 5.41) is 0. The number of methoxy groups -OCH3 is 1. The van der Waals surface area contributed by atoms with Gasteiger partial charge in [-0.05, 0) is 6.07 Å². The van der Waals surface area contributed by atoms with Crippen molar-refractivity contribution < 1.29 is 18.4 Å². The number of nitrogens with two attached hydrogens (primary N) is 1. The fourth-order valence-electron chi connectivity index (χ4n) is 1.59. The quantitative estimate of drug-likeness (QED) is 0.790. The lowest BCUT2D eigenvalue weighted by Crippen LogP contribution is -2.14. The molecule has 0 fully saturated rings. The summed E-state index contributed by atoms with van der Waals surface area (Å²) in [7, 11) is 1.44. The van der Waals surface area contributed by atoms with E-state index >= 15 is 0 Å². The van der Waals surface area contributed by atoms with E-state index in [-0.39, 0.29) is 12.2 Å². The van der Waals surface area contributed by atoms with Gasteiger partial charge in [0.1, 0.15) is 5.75 Å². The smallest absolute Gasteiger partial charge is 0.270 e. The first-order chi connectivity index (χ1) is 7.50. The average molecular weight is 231 g/mol. The minimum atomic E-state index is -2.90. The number of hydrogen-bond acceptors (Lipinski definition) is 3. The fraction of sp³-hybridized carbons (Fsp3) is 0.455. The molecule has 1 rings (SSSR count). The summed E-state index contributed by atoms with van der Waals surface area (Å²) in [5.41, 5.74) is 0.381. The Kier molecular flexibility index (Phi) is 4.20. The Morgan fingerprint density at radius 3 is 2.56 bits per heavy atom. The Bertz CT molecular complexity index is 350. The number of halogens is 2. The number of alkyl halides is 2. The van der Waals surface area contributed by atoms with Crippen LogP contribution in [-0.4, -0.2) is 13.7 Å². The molecule has 0 heterocycles. The van der Waals surface area contributed by atoms with Crippen molar-refractivity contribution in [3.63, 3.8) is 0 Å². The first-order valence-corrected chi connectivity index (χ1v) is 4.86. The molecule has 0 amide bonds. The highest BCUT2D eigenvalue weighted by Gasteiger charge is 2.28. The summed E-state index contributed by atoms with van der Waals surface area (Å²) < 4.78 is 31.7. The molecule has 0 aliphatic carbocycles. The summed E-state index contributed by atoms with van der Waals surface area (Å²) in [6.07, 6.45) is 0.291. The third-order valence-corrected chi connectivity index (χ3v) is 2.30. The monoisotopic (exact) mass is 231 g/mol. The van der Waals surface area contributed by atoms with Crippen molar-refractivity contribution in [3.8, 4) is 5.75 Å². The lowest BCUT2D eigenvalue weighted by Gasteiger charge is -2.18. The van der Waals surface area contributed by atoms with Crippen LogP contribution in [0.2, 0.25) is 0 Å². The Hall–Kier alpha value is -1.20. The van der Waals surface area contributed by atoms with Crippen LogP contribution in [0.25, 0.3) is 0 Å². The number of rotatable bonds is 5. The third-order valence-electron chi connectivity index (χ3n) is 2.30. The van der Waals surface area contributed by atoms with Gasteiger partial charge in [0.15, 0.2) is 0 Å². The standard InChI is InChI=1S/C11H15F2NO2/c1-11(12,13)9-4-3-5-10(15-2)8(9)6-7-16-14/h3-5H,6-7,14H2,1-2H3. The normalized spacial score (nSPS) is 11.6. The third kappa shape index (κ3) is 2.90. The maximum atomic E-state index is 13.3. The van der Waals surface area contributed by atoms with Crippen molar-refractivity contribution in [1.29, 1.82) is 0 Å². The molecule has 0 aliphatic rings. The van der Waals surface area contributed by atoms with Gasteiger partial charge in [0.25, 0.3) is 5.92 Å². The molecule has 1 aromatic carbocycles. The van der Waals surface area contributed by atoms with Crippen LogP contribution in [0.1, 0.15) is 18.1 Å². The van der Waals surface area contributed by atoms with Crippen LogP contribution >= 0.6 is 0 Å². The molecule has 0 aromatic heterocycles. The lowest BCUT2D eigenvalue weighted by atomic mass is 9.99. The Morgan fingerprint density at radius 2 is 2.06 bits per heavy atom. The second kappa shape index (κ2) is 5.23. The molecule has 0 radical (unpaired) electrons. The molecule has 90 valence electrons. The molecular weight excluding hydrogens is 216 g/mol. The maximum absolute atomic E-state index is 13.3. The summed E-state index contributed by atoms with van der Waals surface area (Å²) in [4.78, 5) is 4.41. The van der Waals surface area contributed by atoms with Gasteiger partial charge < -0.3 is 9.57 Å². The van der Waals surface area contributed by atoms with Gasteiger partial charge in [-0.2, -0.15) is 0 Å². The van der Waals surface area contributed by atoms with E-state index in [1.807, 2.05) is 0 Å². The largest absolute Gasteiger partial charge is 0.496 e. The van der Waals surface area contributed by atoms with E-state index in [9.17, 15) is 8.78 Å². The summed E-state index contributed by atoms with van der Waals surface area (Å²) in [6, 6.07) is 4.56. The van der Waals surface area contributed by atoms with E-state index < -0.39 is 5.92 Å². The predicted molar refractivity (Wildman–Crippen MR) is 56.4 cm³/mol. The Morgan fingerprint density at radius 1 is 1.38 bits per heavy atom. The Labute approximate surface area is 93.1 Å². The summed E-state index contributed by atoms with van der Waals surface area (Å²) in [6.45, 7) is 1.03. The fourth-order valence-corrected chi connectivity index (χ4v) is 1.59. The van der Waals surface area contributed by atoms with Crippen LogP contribution < -0.4 is 10.6 Å². The molecule has 3 nitrogen and oxygen atoms in total. The second-order valence-electron chi connectivity index (χ2n) is 3.50. The van der Waals surface area contributed by atoms with E-state index in [0.717, 1.165) is 6.92 Å². The molecule has 1 aromatic rings. The summed E-state index contributed by atoms with van der Waals surface area (Å²) in [5.74, 6) is 2.42. The number of benzene rings is 1. The minimum absolute atomic E-state index is 0.0519. The van der Waals surface area contributed by atoms with Gasteiger partial charge in [0, 0.05) is 24.5 Å². The second-order valence-corrected chi connectivity index (χ2v) is 3.50. The zero-order valence-electron chi connectivity index (χ0n) is 9.30. The predicted octanol–water partition coefficient (Wildman–Crippen LogP) is 2.24. The minimum Gasteiger partial charge on any atom is -0.496 e. The van der Waals surface area contributed by atoms with Crippen LogP contribution in [0.5, 0.6) is 5.75 Å². The van der Waals surface area contributed by atoms with Gasteiger partial charge in [-0.1, -0.05) is 12.1 Å². The van der Waals surface area contributed by atoms with Gasteiger partial charge in [-0.25, -0.2) is 14.7 Å². The molecule has 0 saturated carbocycles. The molecule has 5 heteroatoms. The molecule has 0 saturated heterocycles. The van der Waals surface area contributed by atoms with E-state index in [1.165, 1.54) is 13.2 Å². The van der Waals surface area contributed by atoms with Crippen molar-refractivity contribution in [3.05, 3.63) is 29.3 Å². The van der Waals surface area contributed by atoms with E-state index in [1.54, 1.807) is 12.1 Å². The van der Waals surface area contributed by atoms with E-state index in [2.05, 4.69) is 4.84 Å². The van der Waals surface area contributed by atoms with Gasteiger partial charge in [0.2, 0.25) is 0 Å². The number of hydrogen-bond donors (Lipinski definition) is 1. The lowest BCUT2D eigenvalue weighted by molar-refractivity contribution is 0.0158. The van der Waals surface area contributed by atoms with Crippen molar-refractivity contribution >= 4 is 0 Å². The van der Waals surface area contributed by atoms with Crippen molar-refractivity contribution in [2.24, 2.45) is 5.90 Å². The molecule has 0 aliphatic heterocycles. The Balaban J connectivity index is 3.15. The topological polar surface area (TPSA) is 44.5 Å². The summed E-state index contributed by atoms with van der Waals surface area (Å²) >= 11 is 0. The van der Waals surface area contributed by atoms with Gasteiger partial charge in [-0.15, -0.1) is 0 Å². The average Bonchev–Trinajstić information content (AvgIpc) is 2.24. The SMILES string of the molecule is COc1cccc(C(C)(F)F)c1CCON. The molecule has 0 atom stereocenters. The van der Waals surface area contributed by atoms with Crippen LogP contribution in [0, 0.1) is 0 Å². The zero-order chi connectivity index (χ0) is 12.2. The van der Waals surface area contributed by atoms with Crippen LogP contribution in [0.15, 0.2) is 18.2 Å². The highest BCUT2D eigenvalue weighted by molar-refractivity contribution is 5.42. The van der Waals surface area contributed by atoms with Crippen molar-refractivity contribution in [1.82, 2.24) is 0 Å².